The topological polar surface area (TPSA) is 68.0 Å². The fourth-order valence-electron chi connectivity index (χ4n) is 1.54. The Morgan fingerprint density at radius 1 is 1.41 bits per heavy atom. The number of carbonyl (C=O) groups is 1. The number of rotatable bonds is 7. The van der Waals surface area contributed by atoms with Crippen LogP contribution in [0.15, 0.2) is 0 Å². The molecule has 1 heterocycles. The van der Waals surface area contributed by atoms with Crippen LogP contribution in [-0.2, 0) is 6.54 Å². The van der Waals surface area contributed by atoms with Gasteiger partial charge in [0.15, 0.2) is 5.69 Å². The maximum Gasteiger partial charge on any atom is 0.358 e. The van der Waals surface area contributed by atoms with Gasteiger partial charge in [-0.3, -0.25) is 0 Å². The molecule has 1 aromatic heterocycles. The summed E-state index contributed by atoms with van der Waals surface area (Å²) in [5.41, 5.74) is -1.26. The fourth-order valence-corrected chi connectivity index (χ4v) is 1.54. The van der Waals surface area contributed by atoms with Crippen molar-refractivity contribution in [2.75, 3.05) is 0 Å². The number of halogens is 2. The summed E-state index contributed by atoms with van der Waals surface area (Å²) in [7, 11) is 0. The molecule has 96 valence electrons. The van der Waals surface area contributed by atoms with Crippen LogP contribution in [0.3, 0.4) is 0 Å². The van der Waals surface area contributed by atoms with Crippen LogP contribution in [0.1, 0.15) is 55.2 Å². The average Bonchev–Trinajstić information content (AvgIpc) is 2.68. The van der Waals surface area contributed by atoms with Crippen LogP contribution in [0.25, 0.3) is 0 Å². The van der Waals surface area contributed by atoms with Crippen molar-refractivity contribution in [2.45, 2.75) is 45.6 Å². The van der Waals surface area contributed by atoms with Gasteiger partial charge in [-0.25, -0.2) is 18.3 Å². The van der Waals surface area contributed by atoms with E-state index in [9.17, 15) is 13.6 Å². The van der Waals surface area contributed by atoms with Gasteiger partial charge in [0.2, 0.25) is 0 Å². The van der Waals surface area contributed by atoms with Crippen LogP contribution in [0.4, 0.5) is 8.78 Å². The molecule has 0 fully saturated rings. The standard InChI is InChI=1S/C10H15F2N3O2/c1-2-3-4-5-6-15-8(9(11)12)7(10(16)17)13-14-15/h9H,2-6H2,1H3,(H,16,17). The summed E-state index contributed by atoms with van der Waals surface area (Å²) < 4.78 is 26.4. The first-order valence-electron chi connectivity index (χ1n) is 5.52. The van der Waals surface area contributed by atoms with E-state index in [1.54, 1.807) is 0 Å². The van der Waals surface area contributed by atoms with Gasteiger partial charge in [-0.05, 0) is 6.42 Å². The normalized spacial score (nSPS) is 11.1. The van der Waals surface area contributed by atoms with Crippen LogP contribution in [0.5, 0.6) is 0 Å². The Kier molecular flexibility index (Phi) is 4.99. The van der Waals surface area contributed by atoms with Gasteiger partial charge in [-0.1, -0.05) is 31.4 Å². The van der Waals surface area contributed by atoms with E-state index in [1.165, 1.54) is 0 Å². The SMILES string of the molecule is CCCCCCn1nnc(C(=O)O)c1C(F)F. The highest BCUT2D eigenvalue weighted by atomic mass is 19.3. The number of unbranched alkanes of at least 4 members (excludes halogenated alkanes) is 3. The predicted molar refractivity (Wildman–Crippen MR) is 56.1 cm³/mol. The number of aryl methyl sites for hydroxylation is 1. The summed E-state index contributed by atoms with van der Waals surface area (Å²) in [5, 5.41) is 15.4. The van der Waals surface area contributed by atoms with Crippen molar-refractivity contribution in [1.82, 2.24) is 15.0 Å². The summed E-state index contributed by atoms with van der Waals surface area (Å²) in [4.78, 5) is 10.7. The number of aromatic carboxylic acids is 1. The zero-order chi connectivity index (χ0) is 12.8. The molecule has 7 heteroatoms. The number of hydrogen-bond acceptors (Lipinski definition) is 3. The zero-order valence-corrected chi connectivity index (χ0v) is 9.57. The highest BCUT2D eigenvalue weighted by molar-refractivity contribution is 5.86. The quantitative estimate of drug-likeness (QED) is 0.751. The maximum atomic E-state index is 12.7. The largest absolute Gasteiger partial charge is 0.476 e. The minimum absolute atomic E-state index is 0.278. The molecular weight excluding hydrogens is 232 g/mol. The number of nitrogens with zero attached hydrogens (tertiary/aromatic N) is 3. The Morgan fingerprint density at radius 3 is 2.65 bits per heavy atom. The Hall–Kier alpha value is -1.53. The highest BCUT2D eigenvalue weighted by Gasteiger charge is 2.25. The molecule has 1 N–H and O–H groups in total. The van der Waals surface area contributed by atoms with Crippen LogP contribution < -0.4 is 0 Å². The Labute approximate surface area is 97.4 Å². The Morgan fingerprint density at radius 2 is 2.12 bits per heavy atom. The summed E-state index contributed by atoms with van der Waals surface area (Å²) in [5.74, 6) is -1.47. The average molecular weight is 247 g/mol. The molecule has 0 unspecified atom stereocenters. The second-order valence-corrected chi connectivity index (χ2v) is 3.71. The van der Waals surface area contributed by atoms with Crippen molar-refractivity contribution in [3.8, 4) is 0 Å². The van der Waals surface area contributed by atoms with Crippen molar-refractivity contribution in [1.29, 1.82) is 0 Å². The number of aromatic nitrogens is 3. The van der Waals surface area contributed by atoms with E-state index in [4.69, 9.17) is 5.11 Å². The third-order valence-electron chi connectivity index (χ3n) is 2.41. The summed E-state index contributed by atoms with van der Waals surface area (Å²) in [6.45, 7) is 2.32. The molecule has 1 rings (SSSR count). The highest BCUT2D eigenvalue weighted by Crippen LogP contribution is 2.21. The molecule has 0 aromatic carbocycles. The first kappa shape index (κ1) is 13.5. The van der Waals surface area contributed by atoms with E-state index in [0.717, 1.165) is 23.9 Å². The van der Waals surface area contributed by atoms with E-state index in [1.807, 2.05) is 6.92 Å². The zero-order valence-electron chi connectivity index (χ0n) is 9.57. The Balaban J connectivity index is 2.74. The van der Waals surface area contributed by atoms with Gasteiger partial charge in [0.05, 0.1) is 0 Å². The van der Waals surface area contributed by atoms with Gasteiger partial charge in [-0.2, -0.15) is 0 Å². The van der Waals surface area contributed by atoms with Crippen molar-refractivity contribution in [2.24, 2.45) is 0 Å². The summed E-state index contributed by atoms with van der Waals surface area (Å²) in [6, 6.07) is 0. The summed E-state index contributed by atoms with van der Waals surface area (Å²) in [6.07, 6.45) is 0.781. The molecule has 0 atom stereocenters. The molecule has 0 saturated carbocycles. The lowest BCUT2D eigenvalue weighted by Crippen LogP contribution is -2.09. The van der Waals surface area contributed by atoms with Gasteiger partial charge in [0.25, 0.3) is 6.43 Å². The molecule has 5 nitrogen and oxygen atoms in total. The maximum absolute atomic E-state index is 12.7. The minimum atomic E-state index is -2.87. The molecule has 0 saturated heterocycles. The third-order valence-corrected chi connectivity index (χ3v) is 2.41. The molecule has 0 aliphatic carbocycles. The molecule has 0 aliphatic heterocycles. The van der Waals surface area contributed by atoms with Gasteiger partial charge >= 0.3 is 5.97 Å². The summed E-state index contributed by atoms with van der Waals surface area (Å²) >= 11 is 0. The molecule has 0 radical (unpaired) electrons. The van der Waals surface area contributed by atoms with Gasteiger partial charge in [0, 0.05) is 6.54 Å². The lowest BCUT2D eigenvalue weighted by Gasteiger charge is -2.05. The van der Waals surface area contributed by atoms with Crippen LogP contribution in [-0.4, -0.2) is 26.1 Å². The second kappa shape index (κ2) is 6.27. The van der Waals surface area contributed by atoms with Crippen molar-refractivity contribution >= 4 is 5.97 Å². The molecule has 0 spiro atoms. The van der Waals surface area contributed by atoms with Gasteiger partial charge in [0.1, 0.15) is 5.69 Å². The number of carboxylic acid groups (broad SMARTS) is 1. The van der Waals surface area contributed by atoms with Gasteiger partial charge in [-0.15, -0.1) is 5.10 Å². The number of hydrogen-bond donors (Lipinski definition) is 1. The first-order chi connectivity index (χ1) is 8.07. The molecule has 0 amide bonds. The lowest BCUT2D eigenvalue weighted by atomic mass is 10.2. The van der Waals surface area contributed by atoms with E-state index < -0.39 is 23.8 Å². The van der Waals surface area contributed by atoms with Crippen LogP contribution in [0, 0.1) is 0 Å². The molecule has 17 heavy (non-hydrogen) atoms. The second-order valence-electron chi connectivity index (χ2n) is 3.71. The van der Waals surface area contributed by atoms with Gasteiger partial charge < -0.3 is 5.11 Å². The molecule has 0 bridgehead atoms. The molecule has 1 aromatic rings. The van der Waals surface area contributed by atoms with Crippen molar-refractivity contribution in [3.63, 3.8) is 0 Å². The predicted octanol–water partition coefficient (Wildman–Crippen LogP) is 2.49. The van der Waals surface area contributed by atoms with E-state index >= 15 is 0 Å². The van der Waals surface area contributed by atoms with E-state index in [-0.39, 0.29) is 6.54 Å². The van der Waals surface area contributed by atoms with E-state index in [2.05, 4.69) is 10.3 Å². The lowest BCUT2D eigenvalue weighted by molar-refractivity contribution is 0.0675. The molecule has 0 aliphatic rings. The molecular formula is C10H15F2N3O2. The van der Waals surface area contributed by atoms with Crippen LogP contribution >= 0.6 is 0 Å². The van der Waals surface area contributed by atoms with E-state index in [0.29, 0.717) is 6.42 Å². The first-order valence-corrected chi connectivity index (χ1v) is 5.52. The monoisotopic (exact) mass is 247 g/mol. The number of carboxylic acids is 1. The number of alkyl halides is 2. The third kappa shape index (κ3) is 3.47. The smallest absolute Gasteiger partial charge is 0.358 e. The Bertz CT molecular complexity index is 380. The minimum Gasteiger partial charge on any atom is -0.476 e. The van der Waals surface area contributed by atoms with Crippen molar-refractivity contribution in [3.05, 3.63) is 11.4 Å². The van der Waals surface area contributed by atoms with Crippen molar-refractivity contribution < 1.29 is 18.7 Å². The van der Waals surface area contributed by atoms with Crippen LogP contribution in [0.2, 0.25) is 0 Å². The fraction of sp³-hybridized carbons (Fsp3) is 0.700.